The number of carbonyl (C=O) groups is 1. The van der Waals surface area contributed by atoms with Crippen LogP contribution in [0.15, 0.2) is 11.4 Å². The van der Waals surface area contributed by atoms with Crippen molar-refractivity contribution in [3.05, 3.63) is 16.3 Å². The van der Waals surface area contributed by atoms with Gasteiger partial charge in [0.2, 0.25) is 0 Å². The molecule has 2 aliphatic heterocycles. The van der Waals surface area contributed by atoms with Crippen LogP contribution in [-0.4, -0.2) is 47.9 Å². The molecule has 0 aliphatic carbocycles. The van der Waals surface area contributed by atoms with Crippen molar-refractivity contribution in [2.45, 2.75) is 31.7 Å². The van der Waals surface area contributed by atoms with Crippen LogP contribution in [0.2, 0.25) is 0 Å². The number of piperidine rings is 1. The molecule has 0 aromatic carbocycles. The zero-order valence-electron chi connectivity index (χ0n) is 11.2. The lowest BCUT2D eigenvalue weighted by atomic mass is 10.1. The van der Waals surface area contributed by atoms with Crippen LogP contribution in [0.1, 0.15) is 35.4 Å². The van der Waals surface area contributed by atoms with Crippen molar-refractivity contribution in [2.75, 3.05) is 31.9 Å². The fourth-order valence-electron chi connectivity index (χ4n) is 3.14. The third-order valence-electron chi connectivity index (χ3n) is 4.25. The molecule has 1 aromatic heterocycles. The van der Waals surface area contributed by atoms with Crippen molar-refractivity contribution >= 4 is 22.9 Å². The Morgan fingerprint density at radius 3 is 2.74 bits per heavy atom. The summed E-state index contributed by atoms with van der Waals surface area (Å²) >= 11 is 1.45. The summed E-state index contributed by atoms with van der Waals surface area (Å²) in [6.45, 7) is 4.15. The monoisotopic (exact) mass is 279 g/mol. The van der Waals surface area contributed by atoms with Gasteiger partial charge in [0.25, 0.3) is 5.91 Å². The highest BCUT2D eigenvalue weighted by molar-refractivity contribution is 7.12. The maximum Gasteiger partial charge on any atom is 0.266 e. The lowest BCUT2D eigenvalue weighted by Gasteiger charge is -2.32. The normalized spacial score (nSPS) is 24.8. The van der Waals surface area contributed by atoms with Gasteiger partial charge in [-0.3, -0.25) is 9.69 Å². The summed E-state index contributed by atoms with van der Waals surface area (Å²) in [5, 5.41) is 1.89. The summed E-state index contributed by atoms with van der Waals surface area (Å²) in [5.74, 6) is 0.118. The molecule has 1 atom stereocenters. The van der Waals surface area contributed by atoms with E-state index in [9.17, 15) is 4.79 Å². The Balaban J connectivity index is 1.62. The van der Waals surface area contributed by atoms with E-state index >= 15 is 0 Å². The van der Waals surface area contributed by atoms with Gasteiger partial charge in [-0.15, -0.1) is 11.3 Å². The first-order chi connectivity index (χ1) is 9.25. The number of nitrogens with zero attached hydrogens (tertiary/aromatic N) is 2. The van der Waals surface area contributed by atoms with E-state index in [1.54, 1.807) is 0 Å². The van der Waals surface area contributed by atoms with Crippen LogP contribution in [0.25, 0.3) is 0 Å². The predicted octanol–water partition coefficient (Wildman–Crippen LogP) is 2.03. The third-order valence-corrected chi connectivity index (χ3v) is 5.17. The largest absolute Gasteiger partial charge is 0.397 e. The Bertz CT molecular complexity index is 453. The topological polar surface area (TPSA) is 49.6 Å². The van der Waals surface area contributed by atoms with Crippen LogP contribution in [0, 0.1) is 0 Å². The van der Waals surface area contributed by atoms with Gasteiger partial charge in [0.05, 0.1) is 5.69 Å². The number of thiophene rings is 1. The van der Waals surface area contributed by atoms with Crippen molar-refractivity contribution in [3.63, 3.8) is 0 Å². The summed E-state index contributed by atoms with van der Waals surface area (Å²) in [6, 6.07) is 2.38. The van der Waals surface area contributed by atoms with Gasteiger partial charge in [0.1, 0.15) is 4.88 Å². The number of nitrogens with two attached hydrogens (primary N) is 1. The van der Waals surface area contributed by atoms with Gasteiger partial charge in [-0.05, 0) is 43.8 Å². The molecule has 4 nitrogen and oxygen atoms in total. The Hall–Kier alpha value is -1.07. The van der Waals surface area contributed by atoms with Gasteiger partial charge >= 0.3 is 0 Å². The van der Waals surface area contributed by atoms with Crippen LogP contribution in [0.5, 0.6) is 0 Å². The van der Waals surface area contributed by atoms with Gasteiger partial charge in [-0.2, -0.15) is 0 Å². The van der Waals surface area contributed by atoms with Gasteiger partial charge in [0.15, 0.2) is 0 Å². The second-order valence-electron chi connectivity index (χ2n) is 5.50. The molecule has 3 rings (SSSR count). The Kier molecular flexibility index (Phi) is 3.75. The van der Waals surface area contributed by atoms with E-state index in [4.69, 9.17) is 5.73 Å². The molecule has 1 unspecified atom stereocenters. The van der Waals surface area contributed by atoms with E-state index in [0.29, 0.717) is 16.6 Å². The SMILES string of the molecule is Nc1ccsc1C(=O)N1CCC(N2CCCCC2)C1. The van der Waals surface area contributed by atoms with Crippen LogP contribution in [-0.2, 0) is 0 Å². The maximum absolute atomic E-state index is 12.4. The minimum absolute atomic E-state index is 0.118. The number of nitrogen functional groups attached to an aromatic ring is 1. The molecule has 0 radical (unpaired) electrons. The third kappa shape index (κ3) is 2.62. The Morgan fingerprint density at radius 1 is 1.26 bits per heavy atom. The first-order valence-electron chi connectivity index (χ1n) is 7.12. The molecule has 104 valence electrons. The first-order valence-corrected chi connectivity index (χ1v) is 8.00. The zero-order valence-corrected chi connectivity index (χ0v) is 12.0. The van der Waals surface area contributed by atoms with Crippen LogP contribution < -0.4 is 5.73 Å². The minimum Gasteiger partial charge on any atom is -0.397 e. The van der Waals surface area contributed by atoms with Gasteiger partial charge in [-0.25, -0.2) is 0 Å². The van der Waals surface area contributed by atoms with Crippen LogP contribution in [0.3, 0.4) is 0 Å². The Labute approximate surface area is 118 Å². The molecule has 0 bridgehead atoms. The number of anilines is 1. The lowest BCUT2D eigenvalue weighted by Crippen LogP contribution is -2.41. The van der Waals surface area contributed by atoms with E-state index in [0.717, 1.165) is 19.5 Å². The average molecular weight is 279 g/mol. The summed E-state index contributed by atoms with van der Waals surface area (Å²) < 4.78 is 0. The predicted molar refractivity (Wildman–Crippen MR) is 78.5 cm³/mol. The van der Waals surface area contributed by atoms with Gasteiger partial charge in [0, 0.05) is 19.1 Å². The van der Waals surface area contributed by atoms with Crippen LogP contribution >= 0.6 is 11.3 Å². The molecule has 2 saturated heterocycles. The summed E-state index contributed by atoms with van der Waals surface area (Å²) in [6.07, 6.45) is 5.08. The van der Waals surface area contributed by atoms with E-state index < -0.39 is 0 Å². The molecular formula is C14H21N3OS. The molecule has 2 N–H and O–H groups in total. The summed E-state index contributed by atoms with van der Waals surface area (Å²) in [4.78, 5) is 17.6. The van der Waals surface area contributed by atoms with Gasteiger partial charge < -0.3 is 10.6 Å². The number of amides is 1. The van der Waals surface area contributed by atoms with E-state index in [-0.39, 0.29) is 5.91 Å². The zero-order chi connectivity index (χ0) is 13.2. The van der Waals surface area contributed by atoms with Crippen molar-refractivity contribution in [2.24, 2.45) is 0 Å². The molecule has 19 heavy (non-hydrogen) atoms. The quantitative estimate of drug-likeness (QED) is 0.901. The maximum atomic E-state index is 12.4. The fraction of sp³-hybridized carbons (Fsp3) is 0.643. The standard InChI is InChI=1S/C14H21N3OS/c15-12-5-9-19-13(12)14(18)17-8-4-11(10-17)16-6-2-1-3-7-16/h5,9,11H,1-4,6-8,10,15H2. The molecule has 2 fully saturated rings. The molecule has 0 saturated carbocycles. The molecule has 5 heteroatoms. The number of hydrogen-bond donors (Lipinski definition) is 1. The summed E-state index contributed by atoms with van der Waals surface area (Å²) in [5.41, 5.74) is 6.46. The smallest absolute Gasteiger partial charge is 0.266 e. The highest BCUT2D eigenvalue weighted by Gasteiger charge is 2.32. The molecule has 0 spiro atoms. The Morgan fingerprint density at radius 2 is 2.05 bits per heavy atom. The first kappa shape index (κ1) is 12.9. The number of likely N-dealkylation sites (tertiary alicyclic amines) is 2. The molecule has 1 aromatic rings. The summed E-state index contributed by atoms with van der Waals surface area (Å²) in [7, 11) is 0. The van der Waals surface area contributed by atoms with E-state index in [1.807, 2.05) is 16.3 Å². The fourth-order valence-corrected chi connectivity index (χ4v) is 3.93. The molecule has 3 heterocycles. The average Bonchev–Trinajstić information content (AvgIpc) is 3.08. The van der Waals surface area contributed by atoms with Crippen LogP contribution in [0.4, 0.5) is 5.69 Å². The minimum atomic E-state index is 0.118. The highest BCUT2D eigenvalue weighted by atomic mass is 32.1. The van der Waals surface area contributed by atoms with Crippen molar-refractivity contribution in [1.82, 2.24) is 9.80 Å². The van der Waals surface area contributed by atoms with Gasteiger partial charge in [-0.1, -0.05) is 6.42 Å². The highest BCUT2D eigenvalue weighted by Crippen LogP contribution is 2.25. The van der Waals surface area contributed by atoms with Crippen molar-refractivity contribution in [3.8, 4) is 0 Å². The lowest BCUT2D eigenvalue weighted by molar-refractivity contribution is 0.0777. The second kappa shape index (κ2) is 5.51. The number of rotatable bonds is 2. The number of hydrogen-bond acceptors (Lipinski definition) is 4. The van der Waals surface area contributed by atoms with Crippen molar-refractivity contribution < 1.29 is 4.79 Å². The molecule has 1 amide bonds. The molecular weight excluding hydrogens is 258 g/mol. The van der Waals surface area contributed by atoms with E-state index in [2.05, 4.69) is 4.90 Å². The van der Waals surface area contributed by atoms with E-state index in [1.165, 1.54) is 43.7 Å². The second-order valence-corrected chi connectivity index (χ2v) is 6.41. The number of carbonyl (C=O) groups excluding carboxylic acids is 1. The molecule has 2 aliphatic rings. The van der Waals surface area contributed by atoms with Crippen molar-refractivity contribution in [1.29, 1.82) is 0 Å².